The van der Waals surface area contributed by atoms with Crippen molar-refractivity contribution in [3.8, 4) is 0 Å². The van der Waals surface area contributed by atoms with Gasteiger partial charge < -0.3 is 20.9 Å². The lowest BCUT2D eigenvalue weighted by Gasteiger charge is -2.31. The number of rotatable bonds is 5. The first kappa shape index (κ1) is 21.3. The first-order valence-electron chi connectivity index (χ1n) is 10.8. The third kappa shape index (κ3) is 5.83. The smallest absolute Gasteiger partial charge is 0.275 e. The van der Waals surface area contributed by atoms with Crippen LogP contribution in [0.25, 0.3) is 0 Å². The van der Waals surface area contributed by atoms with E-state index in [1.165, 1.54) is 11.3 Å². The van der Waals surface area contributed by atoms with Crippen LogP contribution < -0.4 is 20.9 Å². The summed E-state index contributed by atoms with van der Waals surface area (Å²) in [6, 6.07) is 8.21. The number of aromatic nitrogens is 1. The summed E-state index contributed by atoms with van der Waals surface area (Å²) in [6.07, 6.45) is 11.2. The Hall–Kier alpha value is -2.90. The number of hydrogen-bond donors (Lipinski definition) is 3. The second kappa shape index (κ2) is 10.4. The van der Waals surface area contributed by atoms with Crippen molar-refractivity contribution in [2.45, 2.75) is 25.3 Å². The molecule has 0 spiro atoms. The highest BCUT2D eigenvalue weighted by atomic mass is 32.1. The Morgan fingerprint density at radius 3 is 2.94 bits per heavy atom. The molecule has 1 aromatic carbocycles. The van der Waals surface area contributed by atoms with Crippen LogP contribution in [0.2, 0.25) is 0 Å². The SMILES string of the molecule is C=C1/C=C\C=C/CCC(Nc2nc(C(=O)Nc3ccccc3N3CCNCC3)cs2)C1. The second-order valence-corrected chi connectivity index (χ2v) is 8.67. The molecular formula is C24H29N5OS. The standard InChI is InChI=1S/C24H29N5OS/c1-18-8-4-2-3-5-9-19(16-18)26-24-28-21(17-31-24)23(30)27-20-10-6-7-11-22(20)29-14-12-25-13-15-29/h2-4,6-8,10-11,17,19,25H,1,5,9,12-16H2,(H,26,28)(H,27,30)/b3-2-,8-4-. The molecule has 0 radical (unpaired) electrons. The van der Waals surface area contributed by atoms with Gasteiger partial charge in [0.2, 0.25) is 0 Å². The third-order valence-corrected chi connectivity index (χ3v) is 6.22. The van der Waals surface area contributed by atoms with Gasteiger partial charge in [-0.15, -0.1) is 11.3 Å². The van der Waals surface area contributed by atoms with Crippen LogP contribution in [0.3, 0.4) is 0 Å². The lowest BCUT2D eigenvalue weighted by Crippen LogP contribution is -2.43. The number of nitrogens with one attached hydrogen (secondary N) is 3. The monoisotopic (exact) mass is 435 g/mol. The van der Waals surface area contributed by atoms with E-state index in [0.717, 1.165) is 67.5 Å². The van der Waals surface area contributed by atoms with Crippen molar-refractivity contribution < 1.29 is 4.79 Å². The van der Waals surface area contributed by atoms with Crippen molar-refractivity contribution in [1.29, 1.82) is 0 Å². The first-order valence-corrected chi connectivity index (χ1v) is 11.7. The molecule has 3 N–H and O–H groups in total. The summed E-state index contributed by atoms with van der Waals surface area (Å²) < 4.78 is 0. The van der Waals surface area contributed by atoms with Gasteiger partial charge in [0.15, 0.2) is 5.13 Å². The highest BCUT2D eigenvalue weighted by Crippen LogP contribution is 2.27. The Bertz CT molecular complexity index is 974. The largest absolute Gasteiger partial charge is 0.367 e. The molecule has 162 valence electrons. The van der Waals surface area contributed by atoms with Gasteiger partial charge in [0, 0.05) is 37.6 Å². The quantitative estimate of drug-likeness (QED) is 0.648. The van der Waals surface area contributed by atoms with Crippen LogP contribution in [-0.2, 0) is 0 Å². The van der Waals surface area contributed by atoms with Crippen LogP contribution in [0.15, 0.2) is 66.1 Å². The predicted octanol–water partition coefficient (Wildman–Crippen LogP) is 4.44. The van der Waals surface area contributed by atoms with Crippen LogP contribution in [0.1, 0.15) is 29.8 Å². The minimum absolute atomic E-state index is 0.184. The summed E-state index contributed by atoms with van der Waals surface area (Å²) >= 11 is 1.47. The van der Waals surface area contributed by atoms with Crippen LogP contribution in [0.5, 0.6) is 0 Å². The molecule has 7 heteroatoms. The van der Waals surface area contributed by atoms with Crippen molar-refractivity contribution in [1.82, 2.24) is 10.3 Å². The predicted molar refractivity (Wildman–Crippen MR) is 130 cm³/mol. The lowest BCUT2D eigenvalue weighted by atomic mass is 10.0. The number of allylic oxidation sites excluding steroid dienone is 4. The molecule has 4 rings (SSSR count). The summed E-state index contributed by atoms with van der Waals surface area (Å²) in [5.41, 5.74) is 3.39. The Morgan fingerprint density at radius 2 is 2.06 bits per heavy atom. The summed E-state index contributed by atoms with van der Waals surface area (Å²) in [5.74, 6) is -0.184. The molecule has 1 fully saturated rings. The van der Waals surface area contributed by atoms with E-state index in [-0.39, 0.29) is 11.9 Å². The van der Waals surface area contributed by atoms with Crippen LogP contribution in [-0.4, -0.2) is 43.1 Å². The van der Waals surface area contributed by atoms with Gasteiger partial charge in [-0.05, 0) is 31.4 Å². The van der Waals surface area contributed by atoms with Crippen molar-refractivity contribution in [2.24, 2.45) is 0 Å². The molecule has 1 unspecified atom stereocenters. The van der Waals surface area contributed by atoms with E-state index < -0.39 is 0 Å². The number of benzene rings is 1. The summed E-state index contributed by atoms with van der Waals surface area (Å²) in [4.78, 5) is 19.7. The molecule has 2 heterocycles. The number of hydrogen-bond acceptors (Lipinski definition) is 6. The minimum atomic E-state index is -0.184. The van der Waals surface area contributed by atoms with E-state index in [0.29, 0.717) is 5.69 Å². The van der Waals surface area contributed by atoms with E-state index >= 15 is 0 Å². The Morgan fingerprint density at radius 1 is 1.23 bits per heavy atom. The zero-order chi connectivity index (χ0) is 21.5. The zero-order valence-electron chi connectivity index (χ0n) is 17.6. The number of anilines is 3. The highest BCUT2D eigenvalue weighted by Gasteiger charge is 2.18. The van der Waals surface area contributed by atoms with Crippen molar-refractivity contribution in [3.05, 3.63) is 71.8 Å². The number of amides is 1. The second-order valence-electron chi connectivity index (χ2n) is 7.81. The van der Waals surface area contributed by atoms with Gasteiger partial charge in [0.1, 0.15) is 5.69 Å². The number of nitrogens with zero attached hydrogens (tertiary/aromatic N) is 2. The van der Waals surface area contributed by atoms with E-state index in [2.05, 4.69) is 50.6 Å². The number of carbonyl (C=O) groups excluding carboxylic acids is 1. The van der Waals surface area contributed by atoms with Gasteiger partial charge in [-0.1, -0.05) is 48.6 Å². The maximum atomic E-state index is 12.9. The van der Waals surface area contributed by atoms with E-state index in [9.17, 15) is 4.79 Å². The van der Waals surface area contributed by atoms with Crippen LogP contribution >= 0.6 is 11.3 Å². The molecule has 1 amide bonds. The molecule has 2 aromatic rings. The fraction of sp³-hybridized carbons (Fsp3) is 0.333. The molecule has 6 nitrogen and oxygen atoms in total. The zero-order valence-corrected chi connectivity index (χ0v) is 18.5. The van der Waals surface area contributed by atoms with Gasteiger partial charge in [-0.25, -0.2) is 4.98 Å². The van der Waals surface area contributed by atoms with E-state index in [1.807, 2.05) is 35.7 Å². The van der Waals surface area contributed by atoms with Gasteiger partial charge in [0.05, 0.1) is 11.4 Å². The fourth-order valence-corrected chi connectivity index (χ4v) is 4.61. The number of piperazine rings is 1. The average Bonchev–Trinajstić information content (AvgIpc) is 3.28. The molecular weight excluding hydrogens is 406 g/mol. The molecule has 0 saturated carbocycles. The molecule has 1 saturated heterocycles. The highest BCUT2D eigenvalue weighted by molar-refractivity contribution is 7.13. The normalized spacial score (nSPS) is 21.5. The van der Waals surface area contributed by atoms with Crippen molar-refractivity contribution in [3.63, 3.8) is 0 Å². The Kier molecular flexibility index (Phi) is 7.17. The third-order valence-electron chi connectivity index (χ3n) is 5.44. The topological polar surface area (TPSA) is 69.3 Å². The van der Waals surface area contributed by atoms with Crippen LogP contribution in [0, 0.1) is 0 Å². The van der Waals surface area contributed by atoms with Gasteiger partial charge in [0.25, 0.3) is 5.91 Å². The lowest BCUT2D eigenvalue weighted by molar-refractivity contribution is 0.102. The van der Waals surface area contributed by atoms with E-state index in [4.69, 9.17) is 0 Å². The molecule has 1 aliphatic heterocycles. The van der Waals surface area contributed by atoms with Crippen molar-refractivity contribution >= 4 is 33.8 Å². The maximum Gasteiger partial charge on any atom is 0.275 e. The number of thiazole rings is 1. The molecule has 1 atom stereocenters. The minimum Gasteiger partial charge on any atom is -0.367 e. The van der Waals surface area contributed by atoms with Gasteiger partial charge in [-0.3, -0.25) is 4.79 Å². The van der Waals surface area contributed by atoms with Crippen molar-refractivity contribution in [2.75, 3.05) is 41.7 Å². The molecule has 31 heavy (non-hydrogen) atoms. The summed E-state index contributed by atoms with van der Waals surface area (Å²) in [7, 11) is 0. The number of para-hydroxylation sites is 2. The summed E-state index contributed by atoms with van der Waals surface area (Å²) in [6.45, 7) is 7.87. The molecule has 2 aliphatic rings. The Balaban J connectivity index is 1.41. The molecule has 1 aliphatic carbocycles. The fourth-order valence-electron chi connectivity index (χ4n) is 3.84. The molecule has 0 bridgehead atoms. The number of carbonyl (C=O) groups is 1. The first-order chi connectivity index (χ1) is 15.2. The Labute approximate surface area is 187 Å². The summed E-state index contributed by atoms with van der Waals surface area (Å²) in [5, 5.41) is 12.5. The average molecular weight is 436 g/mol. The van der Waals surface area contributed by atoms with Gasteiger partial charge >= 0.3 is 0 Å². The van der Waals surface area contributed by atoms with E-state index in [1.54, 1.807) is 0 Å². The van der Waals surface area contributed by atoms with Gasteiger partial charge in [-0.2, -0.15) is 0 Å². The molecule has 1 aromatic heterocycles. The van der Waals surface area contributed by atoms with Crippen LogP contribution in [0.4, 0.5) is 16.5 Å². The maximum absolute atomic E-state index is 12.9.